The molecule has 0 aliphatic carbocycles. The van der Waals surface area contributed by atoms with Crippen molar-refractivity contribution in [2.45, 2.75) is 31.8 Å². The maximum absolute atomic E-state index is 10.9. The Labute approximate surface area is 127 Å². The molecule has 1 heterocycles. The van der Waals surface area contributed by atoms with Crippen molar-refractivity contribution in [2.24, 2.45) is 0 Å². The number of benzene rings is 1. The van der Waals surface area contributed by atoms with Gasteiger partial charge in [-0.25, -0.2) is 0 Å². The van der Waals surface area contributed by atoms with Gasteiger partial charge in [0.1, 0.15) is 12.1 Å². The van der Waals surface area contributed by atoms with Gasteiger partial charge in [0.15, 0.2) is 5.16 Å². The van der Waals surface area contributed by atoms with Crippen LogP contribution in [0.3, 0.4) is 0 Å². The van der Waals surface area contributed by atoms with Crippen LogP contribution in [-0.2, 0) is 4.79 Å². The van der Waals surface area contributed by atoms with Gasteiger partial charge in [0.05, 0.1) is 5.69 Å². The smallest absolute Gasteiger partial charge is 0.195 e. The van der Waals surface area contributed by atoms with Crippen molar-refractivity contribution in [3.63, 3.8) is 0 Å². The molecule has 106 valence electrons. The van der Waals surface area contributed by atoms with Crippen molar-refractivity contribution in [3.8, 4) is 5.69 Å². The zero-order chi connectivity index (χ0) is 14.5. The Balaban J connectivity index is 2.08. The highest BCUT2D eigenvalue weighted by Crippen LogP contribution is 2.24. The van der Waals surface area contributed by atoms with Crippen LogP contribution in [0, 0.1) is 6.92 Å². The van der Waals surface area contributed by atoms with Crippen LogP contribution < -0.4 is 0 Å². The second-order valence-corrected chi connectivity index (χ2v) is 6.04. The Kier molecular flexibility index (Phi) is 5.20. The number of halogens is 1. The number of nitrogens with zero attached hydrogens (tertiary/aromatic N) is 3. The zero-order valence-electron chi connectivity index (χ0n) is 11.5. The summed E-state index contributed by atoms with van der Waals surface area (Å²) in [6.45, 7) is 3.58. The quantitative estimate of drug-likeness (QED) is 0.603. The second-order valence-electron chi connectivity index (χ2n) is 4.57. The summed E-state index contributed by atoms with van der Waals surface area (Å²) in [6, 6.07) is 5.87. The molecule has 2 aromatic rings. The molecule has 20 heavy (non-hydrogen) atoms. The van der Waals surface area contributed by atoms with Crippen LogP contribution in [0.5, 0.6) is 0 Å². The van der Waals surface area contributed by atoms with Crippen LogP contribution in [0.2, 0.25) is 5.02 Å². The molecule has 0 unspecified atom stereocenters. The summed E-state index contributed by atoms with van der Waals surface area (Å²) in [5.74, 6) is 1.06. The SMILES string of the molecule is CC(=O)CCCSc1nncn1-c1ccc(C)c(Cl)c1. The number of hydrogen-bond donors (Lipinski definition) is 0. The zero-order valence-corrected chi connectivity index (χ0v) is 13.0. The fraction of sp³-hybridized carbons (Fsp3) is 0.357. The summed E-state index contributed by atoms with van der Waals surface area (Å²) < 4.78 is 1.91. The molecule has 2 rings (SSSR count). The van der Waals surface area contributed by atoms with E-state index in [0.717, 1.165) is 33.6 Å². The van der Waals surface area contributed by atoms with Gasteiger partial charge >= 0.3 is 0 Å². The van der Waals surface area contributed by atoms with Crippen LogP contribution in [0.4, 0.5) is 0 Å². The Morgan fingerprint density at radius 1 is 1.45 bits per heavy atom. The molecular weight excluding hydrogens is 294 g/mol. The third kappa shape index (κ3) is 3.84. The molecular formula is C14H16ClN3OS. The topological polar surface area (TPSA) is 47.8 Å². The number of aryl methyl sites for hydroxylation is 1. The number of Topliss-reactive ketones (excluding diaryl/α,β-unsaturated/α-hetero) is 1. The minimum absolute atomic E-state index is 0.220. The first-order valence-electron chi connectivity index (χ1n) is 6.36. The molecule has 1 aromatic heterocycles. The van der Waals surface area contributed by atoms with Crippen molar-refractivity contribution < 1.29 is 4.79 Å². The monoisotopic (exact) mass is 309 g/mol. The molecule has 0 saturated carbocycles. The molecule has 0 bridgehead atoms. The van der Waals surface area contributed by atoms with Crippen molar-refractivity contribution in [1.29, 1.82) is 0 Å². The van der Waals surface area contributed by atoms with Crippen LogP contribution in [0.15, 0.2) is 29.7 Å². The Morgan fingerprint density at radius 3 is 2.95 bits per heavy atom. The van der Waals surface area contributed by atoms with Gasteiger partial charge in [-0.05, 0) is 38.0 Å². The van der Waals surface area contributed by atoms with E-state index in [-0.39, 0.29) is 5.78 Å². The molecule has 1 aromatic carbocycles. The van der Waals surface area contributed by atoms with Crippen LogP contribution in [0.25, 0.3) is 5.69 Å². The van der Waals surface area contributed by atoms with Crippen LogP contribution in [0.1, 0.15) is 25.3 Å². The number of ketones is 1. The number of rotatable bonds is 6. The Hall–Kier alpha value is -1.33. The third-order valence-electron chi connectivity index (χ3n) is 2.85. The lowest BCUT2D eigenvalue weighted by molar-refractivity contribution is -0.117. The molecule has 0 radical (unpaired) electrons. The average Bonchev–Trinajstić information content (AvgIpc) is 2.86. The Morgan fingerprint density at radius 2 is 2.25 bits per heavy atom. The van der Waals surface area contributed by atoms with Crippen molar-refractivity contribution in [3.05, 3.63) is 35.1 Å². The molecule has 4 nitrogen and oxygen atoms in total. The van der Waals surface area contributed by atoms with Gasteiger partial charge < -0.3 is 4.79 Å². The number of hydrogen-bond acceptors (Lipinski definition) is 4. The molecule has 6 heteroatoms. The third-order valence-corrected chi connectivity index (χ3v) is 4.29. The highest BCUT2D eigenvalue weighted by atomic mass is 35.5. The first kappa shape index (κ1) is 15.1. The highest BCUT2D eigenvalue weighted by molar-refractivity contribution is 7.99. The molecule has 0 saturated heterocycles. The predicted molar refractivity (Wildman–Crippen MR) is 81.7 cm³/mol. The number of carbonyl (C=O) groups is 1. The van der Waals surface area contributed by atoms with Gasteiger partial charge in [-0.2, -0.15) is 0 Å². The summed E-state index contributed by atoms with van der Waals surface area (Å²) in [7, 11) is 0. The van der Waals surface area contributed by atoms with E-state index < -0.39 is 0 Å². The van der Waals surface area contributed by atoms with E-state index in [2.05, 4.69) is 10.2 Å². The number of aromatic nitrogens is 3. The van der Waals surface area contributed by atoms with E-state index in [9.17, 15) is 4.79 Å². The lowest BCUT2D eigenvalue weighted by Gasteiger charge is -2.07. The highest BCUT2D eigenvalue weighted by Gasteiger charge is 2.08. The van der Waals surface area contributed by atoms with Crippen molar-refractivity contribution in [2.75, 3.05) is 5.75 Å². The van der Waals surface area contributed by atoms with Gasteiger partial charge in [0, 0.05) is 17.2 Å². The van der Waals surface area contributed by atoms with Gasteiger partial charge in [0.2, 0.25) is 0 Å². The van der Waals surface area contributed by atoms with E-state index in [0.29, 0.717) is 6.42 Å². The maximum atomic E-state index is 10.9. The van der Waals surface area contributed by atoms with Crippen LogP contribution >= 0.6 is 23.4 Å². The fourth-order valence-electron chi connectivity index (χ4n) is 1.72. The molecule has 0 amide bonds. The fourth-order valence-corrected chi connectivity index (χ4v) is 2.76. The Bertz CT molecular complexity index is 612. The number of thioether (sulfide) groups is 1. The largest absolute Gasteiger partial charge is 0.300 e. The molecule has 0 aliphatic heterocycles. The number of carbonyl (C=O) groups excluding carboxylic acids is 1. The maximum Gasteiger partial charge on any atom is 0.195 e. The normalized spacial score (nSPS) is 10.8. The van der Waals surface area contributed by atoms with E-state index in [4.69, 9.17) is 11.6 Å². The van der Waals surface area contributed by atoms with Gasteiger partial charge in [-0.3, -0.25) is 4.57 Å². The van der Waals surface area contributed by atoms with E-state index in [1.165, 1.54) is 0 Å². The first-order chi connectivity index (χ1) is 9.58. The first-order valence-corrected chi connectivity index (χ1v) is 7.73. The lowest BCUT2D eigenvalue weighted by Crippen LogP contribution is -1.97. The van der Waals surface area contributed by atoms with Crippen molar-refractivity contribution in [1.82, 2.24) is 14.8 Å². The average molecular weight is 310 g/mol. The summed E-state index contributed by atoms with van der Waals surface area (Å²) in [5, 5.41) is 9.59. The second kappa shape index (κ2) is 6.90. The predicted octanol–water partition coefficient (Wildman–Crippen LogP) is 3.69. The van der Waals surface area contributed by atoms with Crippen LogP contribution in [-0.4, -0.2) is 26.3 Å². The van der Waals surface area contributed by atoms with Gasteiger partial charge in [-0.1, -0.05) is 29.4 Å². The van der Waals surface area contributed by atoms with E-state index >= 15 is 0 Å². The minimum atomic E-state index is 0.220. The standard InChI is InChI=1S/C14H16ClN3OS/c1-10-5-6-12(8-13(10)15)18-9-16-17-14(18)20-7-3-4-11(2)19/h5-6,8-9H,3-4,7H2,1-2H3. The van der Waals surface area contributed by atoms with E-state index in [1.807, 2.05) is 29.7 Å². The van der Waals surface area contributed by atoms with E-state index in [1.54, 1.807) is 25.0 Å². The molecule has 0 fully saturated rings. The lowest BCUT2D eigenvalue weighted by atomic mass is 10.2. The molecule has 0 aliphatic rings. The summed E-state index contributed by atoms with van der Waals surface area (Å²) in [5.41, 5.74) is 1.99. The summed E-state index contributed by atoms with van der Waals surface area (Å²) >= 11 is 7.74. The van der Waals surface area contributed by atoms with Crippen molar-refractivity contribution >= 4 is 29.1 Å². The van der Waals surface area contributed by atoms with Gasteiger partial charge in [0.25, 0.3) is 0 Å². The molecule has 0 N–H and O–H groups in total. The minimum Gasteiger partial charge on any atom is -0.300 e. The van der Waals surface area contributed by atoms with Gasteiger partial charge in [-0.15, -0.1) is 10.2 Å². The molecule has 0 atom stereocenters. The summed E-state index contributed by atoms with van der Waals surface area (Å²) in [6.07, 6.45) is 3.13. The molecule has 0 spiro atoms. The summed E-state index contributed by atoms with van der Waals surface area (Å²) in [4.78, 5) is 10.9.